The van der Waals surface area contributed by atoms with Crippen LogP contribution >= 0.6 is 24.0 Å². The zero-order valence-electron chi connectivity index (χ0n) is 15.6. The van der Waals surface area contributed by atoms with Crippen LogP contribution in [0.25, 0.3) is 5.69 Å². The van der Waals surface area contributed by atoms with Crippen molar-refractivity contribution < 1.29 is 4.39 Å². The Morgan fingerprint density at radius 3 is 2.77 bits per heavy atom. The quantitative estimate of drug-likeness (QED) is 0.419. The number of nitrogens with zero attached hydrogens (tertiary/aromatic N) is 4. The van der Waals surface area contributed by atoms with Crippen LogP contribution in [-0.2, 0) is 6.54 Å². The van der Waals surface area contributed by atoms with Crippen LogP contribution < -0.4 is 5.32 Å². The normalized spacial score (nSPS) is 16.5. The van der Waals surface area contributed by atoms with Gasteiger partial charge in [-0.05, 0) is 36.5 Å². The minimum Gasteiger partial charge on any atom is -0.357 e. The highest BCUT2D eigenvalue weighted by molar-refractivity contribution is 14.0. The first-order valence-electron chi connectivity index (χ1n) is 8.78. The zero-order chi connectivity index (χ0) is 17.9. The number of likely N-dealkylation sites (tertiary alicyclic amines) is 1. The molecule has 0 bridgehead atoms. The van der Waals surface area contributed by atoms with Crippen LogP contribution in [0.1, 0.15) is 32.8 Å². The summed E-state index contributed by atoms with van der Waals surface area (Å²) in [4.78, 5) is 11.0. The summed E-state index contributed by atoms with van der Waals surface area (Å²) in [5, 5.41) is 3.35. The number of rotatable bonds is 4. The number of nitrogens with one attached hydrogen (secondary N) is 1. The number of guanidine groups is 1. The lowest BCUT2D eigenvalue weighted by Crippen LogP contribution is -2.40. The highest BCUT2D eigenvalue weighted by atomic mass is 127. The Hall–Kier alpha value is -1.64. The SMILES string of the molecule is CCNC(=NCc1ccc(-n2ccnc2)c(F)c1)N1CCC(C)(C)C1.I. The largest absolute Gasteiger partial charge is 0.357 e. The van der Waals surface area contributed by atoms with Gasteiger partial charge in [-0.25, -0.2) is 14.4 Å². The van der Waals surface area contributed by atoms with E-state index >= 15 is 0 Å². The standard InChI is InChI=1S/C19H26FN5.HI/c1-4-22-18(24-9-7-19(2,3)13-24)23-12-15-5-6-17(16(20)11-15)25-10-8-21-14-25;/h5-6,8,10-11,14H,4,7,9,12-13H2,1-3H3,(H,22,23);1H. The second-order valence-electron chi connectivity index (χ2n) is 7.26. The first-order chi connectivity index (χ1) is 12.0. The summed E-state index contributed by atoms with van der Waals surface area (Å²) in [7, 11) is 0. The van der Waals surface area contributed by atoms with Gasteiger partial charge in [-0.3, -0.25) is 0 Å². The van der Waals surface area contributed by atoms with Gasteiger partial charge in [0.2, 0.25) is 0 Å². The fourth-order valence-corrected chi connectivity index (χ4v) is 3.14. The number of benzene rings is 1. The molecule has 2 heterocycles. The number of hydrogen-bond donors (Lipinski definition) is 1. The van der Waals surface area contributed by atoms with Crippen molar-refractivity contribution in [2.24, 2.45) is 10.4 Å². The van der Waals surface area contributed by atoms with Gasteiger partial charge in [0, 0.05) is 32.0 Å². The monoisotopic (exact) mass is 471 g/mol. The molecule has 1 fully saturated rings. The lowest BCUT2D eigenvalue weighted by Gasteiger charge is -2.23. The molecule has 0 aliphatic carbocycles. The Morgan fingerprint density at radius 1 is 1.38 bits per heavy atom. The molecule has 3 rings (SSSR count). The van der Waals surface area contributed by atoms with Crippen molar-refractivity contribution in [2.75, 3.05) is 19.6 Å². The van der Waals surface area contributed by atoms with Crippen LogP contribution in [0.3, 0.4) is 0 Å². The van der Waals surface area contributed by atoms with E-state index in [1.165, 1.54) is 0 Å². The third-order valence-corrected chi connectivity index (χ3v) is 4.52. The van der Waals surface area contributed by atoms with E-state index in [0.717, 1.165) is 37.6 Å². The number of aromatic nitrogens is 2. The summed E-state index contributed by atoms with van der Waals surface area (Å²) in [6.07, 6.45) is 6.12. The Morgan fingerprint density at radius 2 is 2.19 bits per heavy atom. The molecule has 0 radical (unpaired) electrons. The number of imidazole rings is 1. The fraction of sp³-hybridized carbons (Fsp3) is 0.474. The number of hydrogen-bond acceptors (Lipinski definition) is 2. The number of halogens is 2. The summed E-state index contributed by atoms with van der Waals surface area (Å²) in [5.41, 5.74) is 1.67. The lowest BCUT2D eigenvalue weighted by molar-refractivity contribution is 0.370. The Labute approximate surface area is 171 Å². The van der Waals surface area contributed by atoms with Crippen LogP contribution in [0.5, 0.6) is 0 Å². The van der Waals surface area contributed by atoms with Gasteiger partial charge < -0.3 is 14.8 Å². The van der Waals surface area contributed by atoms with Crippen LogP contribution in [0.4, 0.5) is 4.39 Å². The minimum absolute atomic E-state index is 0. The van der Waals surface area contributed by atoms with E-state index in [4.69, 9.17) is 4.99 Å². The molecule has 2 aromatic rings. The van der Waals surface area contributed by atoms with E-state index in [1.807, 2.05) is 6.07 Å². The topological polar surface area (TPSA) is 45.5 Å². The second-order valence-corrected chi connectivity index (χ2v) is 7.26. The van der Waals surface area contributed by atoms with Crippen LogP contribution in [-0.4, -0.2) is 40.0 Å². The van der Waals surface area contributed by atoms with E-state index in [2.05, 4.69) is 36.0 Å². The first kappa shape index (κ1) is 20.7. The molecule has 5 nitrogen and oxygen atoms in total. The van der Waals surface area contributed by atoms with Crippen LogP contribution in [0, 0.1) is 11.2 Å². The summed E-state index contributed by atoms with van der Waals surface area (Å²) < 4.78 is 16.0. The van der Waals surface area contributed by atoms with Gasteiger partial charge in [0.15, 0.2) is 5.96 Å². The molecule has 1 saturated heterocycles. The molecule has 26 heavy (non-hydrogen) atoms. The zero-order valence-corrected chi connectivity index (χ0v) is 17.9. The predicted molar refractivity (Wildman–Crippen MR) is 114 cm³/mol. The van der Waals surface area contributed by atoms with Gasteiger partial charge in [-0.15, -0.1) is 24.0 Å². The smallest absolute Gasteiger partial charge is 0.194 e. The maximum atomic E-state index is 14.4. The molecular formula is C19H27FIN5. The lowest BCUT2D eigenvalue weighted by atomic mass is 9.93. The molecule has 0 amide bonds. The minimum atomic E-state index is -0.266. The van der Waals surface area contributed by atoms with Crippen molar-refractivity contribution in [1.82, 2.24) is 19.8 Å². The van der Waals surface area contributed by atoms with Crippen molar-refractivity contribution in [3.05, 3.63) is 48.3 Å². The van der Waals surface area contributed by atoms with Crippen LogP contribution in [0.2, 0.25) is 0 Å². The maximum absolute atomic E-state index is 14.4. The van der Waals surface area contributed by atoms with Crippen LogP contribution in [0.15, 0.2) is 41.9 Å². The van der Waals surface area contributed by atoms with Crippen molar-refractivity contribution in [1.29, 1.82) is 0 Å². The summed E-state index contributed by atoms with van der Waals surface area (Å²) in [6, 6.07) is 5.24. The summed E-state index contributed by atoms with van der Waals surface area (Å²) >= 11 is 0. The van der Waals surface area contributed by atoms with Crippen molar-refractivity contribution in [2.45, 2.75) is 33.7 Å². The predicted octanol–water partition coefficient (Wildman–Crippen LogP) is 3.83. The maximum Gasteiger partial charge on any atom is 0.194 e. The van der Waals surface area contributed by atoms with Crippen molar-refractivity contribution >= 4 is 29.9 Å². The second kappa shape index (κ2) is 8.83. The molecule has 142 valence electrons. The third-order valence-electron chi connectivity index (χ3n) is 4.52. The highest BCUT2D eigenvalue weighted by Gasteiger charge is 2.30. The molecule has 0 saturated carbocycles. The molecule has 1 aromatic carbocycles. The Kier molecular flexibility index (Phi) is 7.02. The fourth-order valence-electron chi connectivity index (χ4n) is 3.14. The summed E-state index contributed by atoms with van der Waals surface area (Å²) in [5.74, 6) is 0.644. The van der Waals surface area contributed by atoms with Gasteiger partial charge in [0.25, 0.3) is 0 Å². The molecule has 1 N–H and O–H groups in total. The van der Waals surface area contributed by atoms with Gasteiger partial charge in [-0.1, -0.05) is 19.9 Å². The molecule has 1 aromatic heterocycles. The average Bonchev–Trinajstić information content (AvgIpc) is 3.21. The van der Waals surface area contributed by atoms with E-state index < -0.39 is 0 Å². The highest BCUT2D eigenvalue weighted by Crippen LogP contribution is 2.28. The van der Waals surface area contributed by atoms with E-state index in [0.29, 0.717) is 17.6 Å². The Balaban J connectivity index is 0.00000243. The molecular weight excluding hydrogens is 444 g/mol. The van der Waals surface area contributed by atoms with Gasteiger partial charge in [-0.2, -0.15) is 0 Å². The van der Waals surface area contributed by atoms with Gasteiger partial charge >= 0.3 is 0 Å². The van der Waals surface area contributed by atoms with E-state index in [-0.39, 0.29) is 29.8 Å². The first-order valence-corrected chi connectivity index (χ1v) is 8.78. The molecule has 1 aliphatic heterocycles. The Bertz CT molecular complexity index is 742. The average molecular weight is 471 g/mol. The third kappa shape index (κ3) is 4.96. The van der Waals surface area contributed by atoms with Gasteiger partial charge in [0.05, 0.1) is 18.6 Å². The number of aliphatic imine (C=N–C) groups is 1. The van der Waals surface area contributed by atoms with E-state index in [9.17, 15) is 4.39 Å². The van der Waals surface area contributed by atoms with Gasteiger partial charge in [0.1, 0.15) is 5.82 Å². The molecule has 1 aliphatic rings. The summed E-state index contributed by atoms with van der Waals surface area (Å²) in [6.45, 7) is 9.90. The van der Waals surface area contributed by atoms with Crippen molar-refractivity contribution in [3.8, 4) is 5.69 Å². The molecule has 0 spiro atoms. The van der Waals surface area contributed by atoms with E-state index in [1.54, 1.807) is 35.4 Å². The molecule has 7 heteroatoms. The molecule has 0 atom stereocenters. The van der Waals surface area contributed by atoms with Crippen molar-refractivity contribution in [3.63, 3.8) is 0 Å². The molecule has 0 unspecified atom stereocenters.